The van der Waals surface area contributed by atoms with Crippen molar-refractivity contribution in [3.8, 4) is 54.6 Å². The van der Waals surface area contributed by atoms with Crippen molar-refractivity contribution in [1.29, 1.82) is 0 Å². The number of aromatic nitrogens is 2. The molecule has 0 spiro atoms. The first kappa shape index (κ1) is 26.1. The summed E-state index contributed by atoms with van der Waals surface area (Å²) in [6.07, 6.45) is 1.94. The van der Waals surface area contributed by atoms with Crippen molar-refractivity contribution in [2.24, 2.45) is 0 Å². The summed E-state index contributed by atoms with van der Waals surface area (Å²) in [6.45, 7) is 2.65. The van der Waals surface area contributed by atoms with Gasteiger partial charge in [-0.2, -0.15) is 8.75 Å². The Kier molecular flexibility index (Phi) is 7.28. The highest BCUT2D eigenvalue weighted by molar-refractivity contribution is 7.19. The number of phenols is 1. The van der Waals surface area contributed by atoms with Gasteiger partial charge in [0.25, 0.3) is 0 Å². The van der Waals surface area contributed by atoms with Crippen molar-refractivity contribution in [3.63, 3.8) is 0 Å². The quantitative estimate of drug-likeness (QED) is 0.185. The molecule has 1 N–H and O–H groups in total. The first-order chi connectivity index (χ1) is 19.5. The van der Waals surface area contributed by atoms with Crippen molar-refractivity contribution < 1.29 is 18.6 Å². The van der Waals surface area contributed by atoms with Crippen LogP contribution in [0.5, 0.6) is 11.5 Å². The van der Waals surface area contributed by atoms with Crippen molar-refractivity contribution in [3.05, 3.63) is 96.6 Å². The molecule has 0 radical (unpaired) electrons. The number of phenolic OH excluding ortho intramolecular Hbond substituents is 1. The zero-order chi connectivity index (χ0) is 27.6. The fourth-order valence-electron chi connectivity index (χ4n) is 4.60. The van der Waals surface area contributed by atoms with Gasteiger partial charge in [0.05, 0.1) is 18.3 Å². The van der Waals surface area contributed by atoms with Crippen LogP contribution in [0, 0.1) is 11.6 Å². The van der Waals surface area contributed by atoms with Gasteiger partial charge in [-0.05, 0) is 60.0 Å². The molecule has 6 rings (SSSR count). The van der Waals surface area contributed by atoms with Crippen LogP contribution in [0.2, 0.25) is 0 Å². The number of thiophene rings is 1. The molecular weight excluding hydrogens is 546 g/mol. The molecule has 8 heteroatoms. The number of hydrogen-bond acceptors (Lipinski definition) is 6. The van der Waals surface area contributed by atoms with Gasteiger partial charge in [0.15, 0.2) is 0 Å². The largest absolute Gasteiger partial charge is 0.508 e. The van der Waals surface area contributed by atoms with E-state index in [1.165, 1.54) is 23.5 Å². The number of halogens is 2. The van der Waals surface area contributed by atoms with Gasteiger partial charge in [-0.1, -0.05) is 49.7 Å². The summed E-state index contributed by atoms with van der Waals surface area (Å²) in [7, 11) is 0. The fraction of sp³-hybridized carbons (Fsp3) is 0.125. The maximum absolute atomic E-state index is 15.4. The minimum atomic E-state index is -0.372. The zero-order valence-electron chi connectivity index (χ0n) is 21.5. The van der Waals surface area contributed by atoms with E-state index in [1.54, 1.807) is 42.5 Å². The molecule has 0 bridgehead atoms. The topological polar surface area (TPSA) is 55.2 Å². The second-order valence-corrected chi connectivity index (χ2v) is 11.0. The Morgan fingerprint density at radius 2 is 1.32 bits per heavy atom. The summed E-state index contributed by atoms with van der Waals surface area (Å²) >= 11 is 2.55. The van der Waals surface area contributed by atoms with Crippen LogP contribution < -0.4 is 4.74 Å². The van der Waals surface area contributed by atoms with E-state index >= 15 is 4.39 Å². The Balaban J connectivity index is 1.31. The highest BCUT2D eigenvalue weighted by atomic mass is 32.1. The molecule has 4 nitrogen and oxygen atoms in total. The third-order valence-electron chi connectivity index (χ3n) is 6.72. The summed E-state index contributed by atoms with van der Waals surface area (Å²) in [4.78, 5) is 1.72. The second kappa shape index (κ2) is 11.2. The first-order valence-corrected chi connectivity index (χ1v) is 14.4. The number of nitrogens with zero attached hydrogens (tertiary/aromatic N) is 2. The van der Waals surface area contributed by atoms with Gasteiger partial charge in [0.1, 0.15) is 34.2 Å². The number of benzene rings is 4. The van der Waals surface area contributed by atoms with Gasteiger partial charge in [-0.25, -0.2) is 8.78 Å². The minimum absolute atomic E-state index is 0.160. The highest BCUT2D eigenvalue weighted by Crippen LogP contribution is 2.41. The summed E-state index contributed by atoms with van der Waals surface area (Å²) in [5, 5.41) is 9.54. The monoisotopic (exact) mass is 570 g/mol. The van der Waals surface area contributed by atoms with Crippen molar-refractivity contribution >= 4 is 34.1 Å². The van der Waals surface area contributed by atoms with E-state index in [1.807, 2.05) is 30.3 Å². The fourth-order valence-corrected chi connectivity index (χ4v) is 6.23. The maximum Gasteiger partial charge on any atom is 0.135 e. The van der Waals surface area contributed by atoms with Crippen LogP contribution in [-0.2, 0) is 0 Å². The summed E-state index contributed by atoms with van der Waals surface area (Å²) < 4.78 is 45.0. The second-order valence-electron chi connectivity index (χ2n) is 9.37. The van der Waals surface area contributed by atoms with E-state index in [-0.39, 0.29) is 17.4 Å². The molecule has 4 aromatic carbocycles. The predicted octanol–water partition coefficient (Wildman–Crippen LogP) is 9.58. The Hall–Kier alpha value is -4.14. The summed E-state index contributed by atoms with van der Waals surface area (Å²) in [5.74, 6) is -0.0126. The molecule has 0 aliphatic heterocycles. The molecule has 2 heterocycles. The van der Waals surface area contributed by atoms with Crippen LogP contribution in [0.1, 0.15) is 19.8 Å². The van der Waals surface area contributed by atoms with E-state index in [9.17, 15) is 9.50 Å². The van der Waals surface area contributed by atoms with Gasteiger partial charge < -0.3 is 9.84 Å². The van der Waals surface area contributed by atoms with E-state index in [4.69, 9.17) is 4.74 Å². The number of rotatable bonds is 8. The Labute approximate surface area is 238 Å². The van der Waals surface area contributed by atoms with Crippen molar-refractivity contribution in [2.45, 2.75) is 19.8 Å². The summed E-state index contributed by atoms with van der Waals surface area (Å²) in [5.41, 5.74) is 5.29. The molecule has 0 aliphatic rings. The molecule has 0 saturated heterocycles. The minimum Gasteiger partial charge on any atom is -0.508 e. The molecule has 2 aromatic heterocycles. The number of unbranched alkanes of at least 4 members (excludes halogenated alkanes) is 1. The summed E-state index contributed by atoms with van der Waals surface area (Å²) in [6, 6.07) is 24.3. The molecule has 6 aromatic rings. The molecule has 0 saturated carbocycles. The van der Waals surface area contributed by atoms with Crippen LogP contribution in [-0.4, -0.2) is 20.5 Å². The molecule has 200 valence electrons. The third kappa shape index (κ3) is 5.08. The Bertz CT molecular complexity index is 1810. The lowest BCUT2D eigenvalue weighted by Gasteiger charge is -2.09. The van der Waals surface area contributed by atoms with Gasteiger partial charge in [-0.3, -0.25) is 0 Å². The molecule has 0 amide bonds. The lowest BCUT2D eigenvalue weighted by Crippen LogP contribution is -1.97. The Morgan fingerprint density at radius 3 is 2.05 bits per heavy atom. The number of hydrogen-bond donors (Lipinski definition) is 1. The number of aromatic hydroxyl groups is 1. The van der Waals surface area contributed by atoms with Crippen LogP contribution in [0.15, 0.2) is 84.9 Å². The SMILES string of the molecule is CCCCOc1ccc(-c2ccc(-c3ccc(-c4ccc(-c5ccc(O)cc5)cc4F)c4nsnc34)s2)c(F)c1. The highest BCUT2D eigenvalue weighted by Gasteiger charge is 2.18. The molecule has 0 unspecified atom stereocenters. The number of ether oxygens (including phenoxy) is 1. The van der Waals surface area contributed by atoms with Crippen LogP contribution in [0.25, 0.3) is 54.2 Å². The maximum atomic E-state index is 15.4. The molecule has 0 atom stereocenters. The van der Waals surface area contributed by atoms with Crippen molar-refractivity contribution in [2.75, 3.05) is 6.61 Å². The predicted molar refractivity (Wildman–Crippen MR) is 159 cm³/mol. The first-order valence-electron chi connectivity index (χ1n) is 12.9. The van der Waals surface area contributed by atoms with E-state index < -0.39 is 0 Å². The van der Waals surface area contributed by atoms with Crippen molar-refractivity contribution in [1.82, 2.24) is 8.75 Å². The zero-order valence-corrected chi connectivity index (χ0v) is 23.2. The lowest BCUT2D eigenvalue weighted by molar-refractivity contribution is 0.308. The van der Waals surface area contributed by atoms with Gasteiger partial charge in [0.2, 0.25) is 0 Å². The van der Waals surface area contributed by atoms with E-state index in [0.717, 1.165) is 45.5 Å². The number of fused-ring (bicyclic) bond motifs is 1. The van der Waals surface area contributed by atoms with Crippen LogP contribution >= 0.6 is 23.1 Å². The molecular formula is C32H24F2N2O2S2. The standard InChI is InChI=1S/C32H24F2N2O2S2/c1-2-3-16-38-22-9-11-25(28(34)18-22)29-14-15-30(39-29)26-13-12-24(31-32(26)36-40-35-31)23-10-6-20(17-27(23)33)19-4-7-21(37)8-5-19/h4-15,17-18,37H,2-3,16H2,1H3. The average molecular weight is 571 g/mol. The van der Waals surface area contributed by atoms with Gasteiger partial charge >= 0.3 is 0 Å². The van der Waals surface area contributed by atoms with E-state index in [2.05, 4.69) is 15.7 Å². The van der Waals surface area contributed by atoms with Gasteiger partial charge in [-0.15, -0.1) is 11.3 Å². The van der Waals surface area contributed by atoms with Crippen LogP contribution in [0.3, 0.4) is 0 Å². The molecule has 0 fully saturated rings. The normalized spacial score (nSPS) is 11.3. The van der Waals surface area contributed by atoms with Crippen LogP contribution in [0.4, 0.5) is 8.78 Å². The molecule has 0 aliphatic carbocycles. The Morgan fingerprint density at radius 1 is 0.700 bits per heavy atom. The average Bonchev–Trinajstić information content (AvgIpc) is 3.64. The van der Waals surface area contributed by atoms with E-state index in [0.29, 0.717) is 45.6 Å². The van der Waals surface area contributed by atoms with Gasteiger partial charge in [0, 0.05) is 38.1 Å². The third-order valence-corrected chi connectivity index (χ3v) is 8.40. The smallest absolute Gasteiger partial charge is 0.135 e. The lowest BCUT2D eigenvalue weighted by atomic mass is 9.97. The molecule has 40 heavy (non-hydrogen) atoms.